The summed E-state index contributed by atoms with van der Waals surface area (Å²) in [5, 5.41) is 2.37. The molecule has 2 aromatic carbocycles. The Kier molecular flexibility index (Phi) is 9.52. The van der Waals surface area contributed by atoms with Crippen LogP contribution in [0, 0.1) is 5.82 Å². The van der Waals surface area contributed by atoms with Crippen LogP contribution in [0.2, 0.25) is 0 Å². The standard InChI is InChI=1S/C28H30F7N5O3/c29-21-5-3-4-17(12-21)15-38-16-23-39(9-7-24(41)40(23)22(25(38)42)6-1-2-8-36)26(43)37-14-18-10-19(27(30,31)32)13-20(11-18)28(33,34)35/h3-5,10-13,22-23H,1-2,6-9,14-16,36H2,(H,37,43)/t22-,23+/m0/s1. The number of alkyl halides is 6. The quantitative estimate of drug-likeness (QED) is 0.338. The monoisotopic (exact) mass is 617 g/mol. The van der Waals surface area contributed by atoms with E-state index in [1.807, 2.05) is 0 Å². The van der Waals surface area contributed by atoms with Gasteiger partial charge in [0, 0.05) is 26.1 Å². The number of rotatable bonds is 8. The summed E-state index contributed by atoms with van der Waals surface area (Å²) >= 11 is 0. The molecule has 2 atom stereocenters. The van der Waals surface area contributed by atoms with Gasteiger partial charge in [0.25, 0.3) is 0 Å². The first-order valence-corrected chi connectivity index (χ1v) is 13.6. The third kappa shape index (κ3) is 7.56. The van der Waals surface area contributed by atoms with Crippen LogP contribution in [-0.2, 0) is 35.0 Å². The maximum atomic E-state index is 13.8. The molecule has 4 amide bonds. The van der Waals surface area contributed by atoms with Gasteiger partial charge in [-0.15, -0.1) is 0 Å². The molecule has 0 unspecified atom stereocenters. The summed E-state index contributed by atoms with van der Waals surface area (Å²) in [6.07, 6.45) is -9.89. The fraction of sp³-hybridized carbons (Fsp3) is 0.464. The third-order valence-electron chi connectivity index (χ3n) is 7.40. The SMILES string of the molecule is NCCCC[C@H]1C(=O)N(Cc2cccc(F)c2)C[C@@H]2N(C(=O)NCc3cc(C(F)(F)F)cc(C(F)(F)F)c3)CCC(=O)N21. The zero-order valence-electron chi connectivity index (χ0n) is 22.8. The number of unbranched alkanes of at least 4 members (excludes halogenated alkanes) is 1. The summed E-state index contributed by atoms with van der Waals surface area (Å²) < 4.78 is 93.5. The molecule has 0 bridgehead atoms. The summed E-state index contributed by atoms with van der Waals surface area (Å²) in [5.74, 6) is -1.28. The highest BCUT2D eigenvalue weighted by Crippen LogP contribution is 2.36. The normalized spacial score (nSPS) is 19.5. The summed E-state index contributed by atoms with van der Waals surface area (Å²) in [5.41, 5.74) is 2.62. The summed E-state index contributed by atoms with van der Waals surface area (Å²) in [6.45, 7) is -0.549. The molecule has 3 N–H and O–H groups in total. The number of benzene rings is 2. The minimum absolute atomic E-state index is 0.00349. The van der Waals surface area contributed by atoms with Crippen molar-refractivity contribution >= 4 is 17.8 Å². The van der Waals surface area contributed by atoms with Crippen LogP contribution < -0.4 is 11.1 Å². The van der Waals surface area contributed by atoms with Crippen molar-refractivity contribution in [2.75, 3.05) is 19.6 Å². The number of nitrogens with zero attached hydrogens (tertiary/aromatic N) is 3. The molecule has 0 aliphatic carbocycles. The minimum atomic E-state index is -5.05. The van der Waals surface area contributed by atoms with Crippen LogP contribution in [-0.4, -0.2) is 64.4 Å². The highest BCUT2D eigenvalue weighted by molar-refractivity contribution is 5.91. The van der Waals surface area contributed by atoms with Crippen molar-refractivity contribution in [3.63, 3.8) is 0 Å². The molecular formula is C28H30F7N5O3. The van der Waals surface area contributed by atoms with Gasteiger partial charge in [0.15, 0.2) is 0 Å². The van der Waals surface area contributed by atoms with Crippen LogP contribution in [0.5, 0.6) is 0 Å². The number of fused-ring (bicyclic) bond motifs is 1. The third-order valence-corrected chi connectivity index (χ3v) is 7.40. The molecule has 0 saturated carbocycles. The Morgan fingerprint density at radius 1 is 0.953 bits per heavy atom. The van der Waals surface area contributed by atoms with Gasteiger partial charge in [0.1, 0.15) is 18.0 Å². The molecule has 4 rings (SSSR count). The maximum Gasteiger partial charge on any atom is 0.416 e. The molecule has 2 aliphatic heterocycles. The van der Waals surface area contributed by atoms with E-state index in [1.54, 1.807) is 6.07 Å². The largest absolute Gasteiger partial charge is 0.416 e. The van der Waals surface area contributed by atoms with Gasteiger partial charge in [-0.3, -0.25) is 9.59 Å². The smallest absolute Gasteiger partial charge is 0.334 e. The van der Waals surface area contributed by atoms with Crippen LogP contribution in [0.25, 0.3) is 0 Å². The predicted octanol–water partition coefficient (Wildman–Crippen LogP) is 4.47. The molecule has 2 heterocycles. The number of carbonyl (C=O) groups is 3. The van der Waals surface area contributed by atoms with Crippen LogP contribution in [0.4, 0.5) is 35.5 Å². The van der Waals surface area contributed by atoms with Crippen molar-refractivity contribution in [3.8, 4) is 0 Å². The number of carbonyl (C=O) groups excluding carboxylic acids is 3. The molecular weight excluding hydrogens is 587 g/mol. The van der Waals surface area contributed by atoms with Gasteiger partial charge in [-0.2, -0.15) is 26.3 Å². The van der Waals surface area contributed by atoms with E-state index in [-0.39, 0.29) is 44.4 Å². The van der Waals surface area contributed by atoms with Gasteiger partial charge in [0.2, 0.25) is 11.8 Å². The number of urea groups is 1. The molecule has 0 aromatic heterocycles. The average molecular weight is 618 g/mol. The van der Waals surface area contributed by atoms with Crippen molar-refractivity contribution < 1.29 is 45.1 Å². The van der Waals surface area contributed by atoms with E-state index in [1.165, 1.54) is 32.9 Å². The Hall–Kier alpha value is -3.88. The van der Waals surface area contributed by atoms with Crippen molar-refractivity contribution in [3.05, 3.63) is 70.5 Å². The van der Waals surface area contributed by atoms with Crippen molar-refractivity contribution in [1.82, 2.24) is 20.0 Å². The van der Waals surface area contributed by atoms with Gasteiger partial charge in [-0.05, 0) is 67.3 Å². The fourth-order valence-corrected chi connectivity index (χ4v) is 5.38. The van der Waals surface area contributed by atoms with E-state index in [0.717, 1.165) is 0 Å². The second-order valence-electron chi connectivity index (χ2n) is 10.4. The zero-order chi connectivity index (χ0) is 31.5. The number of nitrogens with two attached hydrogens (primary N) is 1. The van der Waals surface area contributed by atoms with E-state index in [0.29, 0.717) is 37.1 Å². The Bertz CT molecular complexity index is 1320. The molecule has 8 nitrogen and oxygen atoms in total. The number of hydrogen-bond donors (Lipinski definition) is 2. The lowest BCUT2D eigenvalue weighted by Crippen LogP contribution is -2.71. The first kappa shape index (κ1) is 32.0. The fourth-order valence-electron chi connectivity index (χ4n) is 5.38. The summed E-state index contributed by atoms with van der Waals surface area (Å²) in [7, 11) is 0. The highest BCUT2D eigenvalue weighted by Gasteiger charge is 2.48. The average Bonchev–Trinajstić information content (AvgIpc) is 2.93. The van der Waals surface area contributed by atoms with Gasteiger partial charge >= 0.3 is 18.4 Å². The van der Waals surface area contributed by atoms with Crippen molar-refractivity contribution in [1.29, 1.82) is 0 Å². The highest BCUT2D eigenvalue weighted by atomic mass is 19.4. The predicted molar refractivity (Wildman–Crippen MR) is 139 cm³/mol. The zero-order valence-corrected chi connectivity index (χ0v) is 22.8. The maximum absolute atomic E-state index is 13.8. The topological polar surface area (TPSA) is 99.0 Å². The summed E-state index contributed by atoms with van der Waals surface area (Å²) in [4.78, 5) is 43.9. The number of piperazine rings is 1. The molecule has 0 spiro atoms. The molecule has 2 fully saturated rings. The number of halogens is 7. The summed E-state index contributed by atoms with van der Waals surface area (Å²) in [6, 6.07) is 4.85. The Morgan fingerprint density at radius 2 is 1.63 bits per heavy atom. The lowest BCUT2D eigenvalue weighted by Gasteiger charge is -2.52. The Labute approximate surface area is 242 Å². The van der Waals surface area contributed by atoms with E-state index in [2.05, 4.69) is 5.32 Å². The van der Waals surface area contributed by atoms with Gasteiger partial charge in [-0.1, -0.05) is 12.1 Å². The Morgan fingerprint density at radius 3 is 2.23 bits per heavy atom. The first-order chi connectivity index (χ1) is 20.2. The lowest BCUT2D eigenvalue weighted by molar-refractivity contribution is -0.167. The van der Waals surface area contributed by atoms with Gasteiger partial charge < -0.3 is 25.8 Å². The molecule has 2 aliphatic rings. The molecule has 43 heavy (non-hydrogen) atoms. The van der Waals surface area contributed by atoms with Crippen LogP contribution in [0.1, 0.15) is 47.9 Å². The van der Waals surface area contributed by atoms with Crippen LogP contribution in [0.15, 0.2) is 42.5 Å². The van der Waals surface area contributed by atoms with E-state index < -0.39 is 65.6 Å². The molecule has 2 aromatic rings. The molecule has 2 saturated heterocycles. The van der Waals surface area contributed by atoms with Crippen LogP contribution >= 0.6 is 0 Å². The van der Waals surface area contributed by atoms with Crippen LogP contribution in [0.3, 0.4) is 0 Å². The lowest BCUT2D eigenvalue weighted by atomic mass is 9.98. The molecule has 0 radical (unpaired) electrons. The second kappa shape index (κ2) is 12.8. The van der Waals surface area contributed by atoms with Crippen molar-refractivity contribution in [2.45, 2.75) is 63.3 Å². The number of nitrogens with one attached hydrogen (secondary N) is 1. The number of hydrogen-bond acceptors (Lipinski definition) is 4. The Balaban J connectivity index is 1.58. The molecule has 15 heteroatoms. The van der Waals surface area contributed by atoms with Gasteiger partial charge in [-0.25, -0.2) is 9.18 Å². The minimum Gasteiger partial charge on any atom is -0.334 e. The first-order valence-electron chi connectivity index (χ1n) is 13.6. The van der Waals surface area contributed by atoms with E-state index in [4.69, 9.17) is 5.73 Å². The second-order valence-corrected chi connectivity index (χ2v) is 10.4. The van der Waals surface area contributed by atoms with E-state index >= 15 is 0 Å². The van der Waals surface area contributed by atoms with E-state index in [9.17, 15) is 45.1 Å². The van der Waals surface area contributed by atoms with Gasteiger partial charge in [0.05, 0.1) is 17.7 Å². The number of amides is 4. The molecule has 234 valence electrons. The van der Waals surface area contributed by atoms with Crippen molar-refractivity contribution in [2.24, 2.45) is 5.73 Å².